The van der Waals surface area contributed by atoms with Crippen LogP contribution in [0.4, 0.5) is 4.79 Å². The van der Waals surface area contributed by atoms with Crippen LogP contribution >= 0.6 is 35.8 Å². The number of carbonyl (C=O) groups is 3. The molecule has 0 aromatic heterocycles. The molecule has 2 aromatic carbocycles. The van der Waals surface area contributed by atoms with Gasteiger partial charge in [0, 0.05) is 0 Å². The Morgan fingerprint density at radius 1 is 1.20 bits per heavy atom. The average Bonchev–Trinajstić information content (AvgIpc) is 3.01. The molecule has 0 unspecified atom stereocenters. The van der Waals surface area contributed by atoms with Gasteiger partial charge in [-0.25, -0.2) is 0 Å². The average molecular weight is 469 g/mol. The lowest BCUT2D eigenvalue weighted by Crippen LogP contribution is -2.33. The van der Waals surface area contributed by atoms with E-state index < -0.39 is 23.2 Å². The molecule has 0 bridgehead atoms. The van der Waals surface area contributed by atoms with E-state index in [0.717, 1.165) is 17.3 Å². The number of rotatable bonds is 6. The summed E-state index contributed by atoms with van der Waals surface area (Å²) >= 11 is 7.10. The quantitative estimate of drug-likeness (QED) is 0.488. The lowest BCUT2D eigenvalue weighted by Gasteiger charge is -2.11. The minimum Gasteiger partial charge on any atom is -0.468 e. The van der Waals surface area contributed by atoms with Gasteiger partial charge in [-0.3, -0.25) is 19.7 Å². The third kappa shape index (κ3) is 5.99. The van der Waals surface area contributed by atoms with Crippen molar-refractivity contribution in [1.82, 2.24) is 5.32 Å². The van der Waals surface area contributed by atoms with E-state index in [9.17, 15) is 14.4 Å². The van der Waals surface area contributed by atoms with Crippen molar-refractivity contribution in [3.8, 4) is 11.5 Å². The number of hydrogen-bond donors (Lipinski definition) is 2. The molecule has 7 nitrogen and oxygen atoms in total. The summed E-state index contributed by atoms with van der Waals surface area (Å²) in [6, 6.07) is 11.4. The van der Waals surface area contributed by atoms with Crippen LogP contribution in [-0.2, 0) is 20.7 Å². The molecule has 1 atom stereocenters. The van der Waals surface area contributed by atoms with Gasteiger partial charge in [-0.05, 0) is 65.7 Å². The van der Waals surface area contributed by atoms with Crippen LogP contribution in [-0.4, -0.2) is 30.3 Å². The number of halogens is 2. The molecule has 1 aliphatic rings. The summed E-state index contributed by atoms with van der Waals surface area (Å²) in [5.41, 5.74) is 7.22. The zero-order valence-electron chi connectivity index (χ0n) is 15.7. The largest absolute Gasteiger partial charge is 0.468 e. The molecule has 158 valence electrons. The molecule has 1 heterocycles. The Kier molecular flexibility index (Phi) is 8.31. The van der Waals surface area contributed by atoms with E-state index in [1.54, 1.807) is 36.4 Å². The fourth-order valence-corrected chi connectivity index (χ4v) is 3.47. The van der Waals surface area contributed by atoms with Crippen molar-refractivity contribution in [3.63, 3.8) is 0 Å². The Labute approximate surface area is 188 Å². The molecule has 3 rings (SSSR count). The number of imide groups is 1. The number of nitrogens with two attached hydrogens (primary N) is 1. The Hall–Kier alpha value is -2.52. The van der Waals surface area contributed by atoms with Crippen molar-refractivity contribution in [1.29, 1.82) is 0 Å². The molecular formula is C20H18Cl2N2O5S. The minimum absolute atomic E-state index is 0. The van der Waals surface area contributed by atoms with Gasteiger partial charge in [0.05, 0.1) is 17.0 Å². The van der Waals surface area contributed by atoms with Crippen molar-refractivity contribution in [2.45, 2.75) is 12.5 Å². The van der Waals surface area contributed by atoms with Crippen LogP contribution in [0.3, 0.4) is 0 Å². The SMILES string of the molecule is COC(=O)[C@@H](N)Cc1ccc(Oc2ccc(/C=C3/SC(=O)NC3=O)c(Cl)c2)cc1.Cl. The Bertz CT molecular complexity index is 995. The van der Waals surface area contributed by atoms with Gasteiger partial charge in [-0.1, -0.05) is 23.7 Å². The number of ether oxygens (including phenoxy) is 2. The van der Waals surface area contributed by atoms with E-state index in [4.69, 9.17) is 22.1 Å². The van der Waals surface area contributed by atoms with Crippen molar-refractivity contribution in [2.75, 3.05) is 7.11 Å². The van der Waals surface area contributed by atoms with E-state index >= 15 is 0 Å². The highest BCUT2D eigenvalue weighted by molar-refractivity contribution is 8.18. The fourth-order valence-electron chi connectivity index (χ4n) is 2.57. The monoisotopic (exact) mass is 468 g/mol. The van der Waals surface area contributed by atoms with E-state index in [1.807, 2.05) is 12.1 Å². The number of benzene rings is 2. The van der Waals surface area contributed by atoms with Crippen LogP contribution < -0.4 is 15.8 Å². The van der Waals surface area contributed by atoms with Crippen LogP contribution in [0.5, 0.6) is 11.5 Å². The number of amides is 2. The molecule has 2 amide bonds. The molecule has 1 aliphatic heterocycles. The van der Waals surface area contributed by atoms with Gasteiger partial charge in [0.25, 0.3) is 11.1 Å². The van der Waals surface area contributed by atoms with Crippen molar-refractivity contribution in [3.05, 3.63) is 63.5 Å². The van der Waals surface area contributed by atoms with E-state index in [-0.39, 0.29) is 17.3 Å². The topological polar surface area (TPSA) is 108 Å². The Morgan fingerprint density at radius 3 is 2.43 bits per heavy atom. The first-order valence-corrected chi connectivity index (χ1v) is 9.70. The number of hydrogen-bond acceptors (Lipinski definition) is 7. The van der Waals surface area contributed by atoms with Gasteiger partial charge in [0.15, 0.2) is 0 Å². The molecular weight excluding hydrogens is 451 g/mol. The summed E-state index contributed by atoms with van der Waals surface area (Å²) in [6.07, 6.45) is 1.91. The fraction of sp³-hybridized carbons (Fsp3) is 0.150. The summed E-state index contributed by atoms with van der Waals surface area (Å²) in [5.74, 6) is 0.186. The standard InChI is InChI=1S/C20H17ClN2O5S.ClH/c1-27-19(25)16(22)8-11-2-5-13(6-3-11)28-14-7-4-12(15(21)10-14)9-17-18(24)23-20(26)29-17;/h2-7,9-10,16H,8,22H2,1H3,(H,23,24,26);1H/b17-9+;/t16-;/m0./s1. The second-order valence-corrected chi connectivity index (χ2v) is 7.54. The molecule has 0 aliphatic carbocycles. The number of nitrogens with one attached hydrogen (secondary N) is 1. The van der Waals surface area contributed by atoms with E-state index in [1.165, 1.54) is 7.11 Å². The summed E-state index contributed by atoms with van der Waals surface area (Å²) < 4.78 is 10.4. The second-order valence-electron chi connectivity index (χ2n) is 6.12. The third-order valence-electron chi connectivity index (χ3n) is 4.02. The van der Waals surface area contributed by atoms with Crippen LogP contribution in [0, 0.1) is 0 Å². The first-order chi connectivity index (χ1) is 13.9. The predicted octanol–water partition coefficient (Wildman–Crippen LogP) is 3.92. The summed E-state index contributed by atoms with van der Waals surface area (Å²) in [4.78, 5) is 34.6. The number of methoxy groups -OCH3 is 1. The van der Waals surface area contributed by atoms with Crippen LogP contribution in [0.25, 0.3) is 6.08 Å². The smallest absolute Gasteiger partial charge is 0.322 e. The molecule has 10 heteroatoms. The van der Waals surface area contributed by atoms with Gasteiger partial charge in [-0.2, -0.15) is 0 Å². The van der Waals surface area contributed by atoms with Gasteiger partial charge in [0.1, 0.15) is 17.5 Å². The Balaban J connectivity index is 0.00000320. The lowest BCUT2D eigenvalue weighted by atomic mass is 10.1. The normalized spacial score (nSPS) is 15.4. The summed E-state index contributed by atoms with van der Waals surface area (Å²) in [6.45, 7) is 0. The van der Waals surface area contributed by atoms with Crippen LogP contribution in [0.15, 0.2) is 47.4 Å². The molecule has 0 radical (unpaired) electrons. The van der Waals surface area contributed by atoms with Gasteiger partial charge >= 0.3 is 5.97 Å². The molecule has 0 saturated carbocycles. The number of esters is 1. The van der Waals surface area contributed by atoms with Gasteiger partial charge in [0.2, 0.25) is 0 Å². The van der Waals surface area contributed by atoms with Gasteiger partial charge in [-0.15, -0.1) is 12.4 Å². The Morgan fingerprint density at radius 2 is 1.87 bits per heavy atom. The highest BCUT2D eigenvalue weighted by Gasteiger charge is 2.25. The highest BCUT2D eigenvalue weighted by Crippen LogP contribution is 2.31. The predicted molar refractivity (Wildman–Crippen MR) is 118 cm³/mol. The summed E-state index contributed by atoms with van der Waals surface area (Å²) in [7, 11) is 1.30. The highest BCUT2D eigenvalue weighted by atomic mass is 35.5. The first-order valence-electron chi connectivity index (χ1n) is 8.50. The van der Waals surface area contributed by atoms with Crippen molar-refractivity contribution < 1.29 is 23.9 Å². The maximum Gasteiger partial charge on any atom is 0.322 e. The molecule has 30 heavy (non-hydrogen) atoms. The number of carbonyl (C=O) groups excluding carboxylic acids is 3. The van der Waals surface area contributed by atoms with E-state index in [0.29, 0.717) is 28.5 Å². The zero-order chi connectivity index (χ0) is 21.0. The lowest BCUT2D eigenvalue weighted by molar-refractivity contribution is -0.142. The molecule has 2 aromatic rings. The second kappa shape index (κ2) is 10.5. The van der Waals surface area contributed by atoms with Crippen molar-refractivity contribution in [2.24, 2.45) is 5.73 Å². The molecule has 0 spiro atoms. The first kappa shape index (κ1) is 23.8. The summed E-state index contributed by atoms with van der Waals surface area (Å²) in [5, 5.41) is 2.16. The zero-order valence-corrected chi connectivity index (χ0v) is 18.1. The van der Waals surface area contributed by atoms with Crippen molar-refractivity contribution >= 4 is 59.0 Å². The maximum absolute atomic E-state index is 11.6. The van der Waals surface area contributed by atoms with Gasteiger partial charge < -0.3 is 15.2 Å². The number of thioether (sulfide) groups is 1. The van der Waals surface area contributed by atoms with Crippen LogP contribution in [0.1, 0.15) is 11.1 Å². The molecule has 3 N–H and O–H groups in total. The third-order valence-corrected chi connectivity index (χ3v) is 5.16. The minimum atomic E-state index is -0.720. The van der Waals surface area contributed by atoms with E-state index in [2.05, 4.69) is 10.1 Å². The molecule has 1 fully saturated rings. The molecule has 1 saturated heterocycles. The maximum atomic E-state index is 11.6. The van der Waals surface area contributed by atoms with Crippen LogP contribution in [0.2, 0.25) is 5.02 Å².